The van der Waals surface area contributed by atoms with Gasteiger partial charge >= 0.3 is 0 Å². The molecule has 2 heterocycles. The second-order valence-corrected chi connectivity index (χ2v) is 7.66. The lowest BCUT2D eigenvalue weighted by molar-refractivity contribution is 0.174. The van der Waals surface area contributed by atoms with Crippen LogP contribution < -0.4 is 19.8 Å². The Bertz CT molecular complexity index is 1370. The van der Waals surface area contributed by atoms with E-state index in [2.05, 4.69) is 5.10 Å². The van der Waals surface area contributed by atoms with Gasteiger partial charge in [-0.1, -0.05) is 24.3 Å². The number of H-pyrrole nitrogens is 1. The zero-order valence-corrected chi connectivity index (χ0v) is 18.4. The van der Waals surface area contributed by atoms with Gasteiger partial charge in [0.05, 0.1) is 30.6 Å². The predicted octanol–water partition coefficient (Wildman–Crippen LogP) is 4.58. The molecule has 5 rings (SSSR count). The molecule has 1 aliphatic rings. The molecule has 0 atom stereocenters. The van der Waals surface area contributed by atoms with E-state index in [1.807, 2.05) is 79.7 Å². The molecule has 0 unspecified atom stereocenters. The van der Waals surface area contributed by atoms with Gasteiger partial charge in [-0.25, -0.2) is 4.68 Å². The van der Waals surface area contributed by atoms with E-state index < -0.39 is 0 Å². The summed E-state index contributed by atoms with van der Waals surface area (Å²) < 4.78 is 17.7. The highest BCUT2D eigenvalue weighted by atomic mass is 16.7. The van der Waals surface area contributed by atoms with Crippen LogP contribution in [0.4, 0.5) is 0 Å². The summed E-state index contributed by atoms with van der Waals surface area (Å²) in [6.07, 6.45) is 0. The second kappa shape index (κ2) is 8.70. The molecule has 166 valence electrons. The lowest BCUT2D eigenvalue weighted by Gasteiger charge is -2.05. The molecule has 0 bridgehead atoms. The van der Waals surface area contributed by atoms with Crippen molar-refractivity contribution >= 4 is 5.71 Å². The Hall–Kier alpha value is -4.26. The van der Waals surface area contributed by atoms with Crippen molar-refractivity contribution < 1.29 is 14.2 Å². The predicted molar refractivity (Wildman–Crippen MR) is 127 cm³/mol. The minimum Gasteiger partial charge on any atom is -0.497 e. The third-order valence-electron chi connectivity index (χ3n) is 5.58. The highest BCUT2D eigenvalue weighted by Gasteiger charge is 2.19. The van der Waals surface area contributed by atoms with Gasteiger partial charge in [0.25, 0.3) is 5.56 Å². The summed E-state index contributed by atoms with van der Waals surface area (Å²) in [5.74, 6) is 2.20. The quantitative estimate of drug-likeness (QED) is 0.445. The molecule has 1 aromatic heterocycles. The Morgan fingerprint density at radius 2 is 1.79 bits per heavy atom. The standard InChI is InChI=1S/C26H23N3O4/c1-17(27-15-18-8-13-22-23(14-18)33-16-32-22)24-25(19-9-11-21(31-2)12-10-19)28-29(26(24)30)20-6-4-3-5-7-20/h3-14,28H,15-16H2,1-2H3. The van der Waals surface area contributed by atoms with E-state index in [9.17, 15) is 4.79 Å². The molecule has 0 saturated carbocycles. The summed E-state index contributed by atoms with van der Waals surface area (Å²) in [5, 5.41) is 3.28. The molecule has 0 fully saturated rings. The fraction of sp³-hybridized carbons (Fsp3) is 0.154. The normalized spacial score (nSPS) is 12.7. The summed E-state index contributed by atoms with van der Waals surface area (Å²) in [6.45, 7) is 2.51. The van der Waals surface area contributed by atoms with Gasteiger partial charge in [0.1, 0.15) is 5.75 Å². The maximum Gasteiger partial charge on any atom is 0.280 e. The van der Waals surface area contributed by atoms with Gasteiger partial charge in [0.2, 0.25) is 6.79 Å². The summed E-state index contributed by atoms with van der Waals surface area (Å²) >= 11 is 0. The topological polar surface area (TPSA) is 77.8 Å². The third-order valence-corrected chi connectivity index (χ3v) is 5.58. The molecular formula is C26H23N3O4. The van der Waals surface area contributed by atoms with Crippen molar-refractivity contribution in [1.29, 1.82) is 0 Å². The smallest absolute Gasteiger partial charge is 0.280 e. The van der Waals surface area contributed by atoms with Crippen molar-refractivity contribution in [3.8, 4) is 34.2 Å². The van der Waals surface area contributed by atoms with Gasteiger partial charge in [-0.3, -0.25) is 14.9 Å². The van der Waals surface area contributed by atoms with Gasteiger partial charge in [0, 0.05) is 11.3 Å². The summed E-state index contributed by atoms with van der Waals surface area (Å²) in [5.41, 5.74) is 4.34. The Morgan fingerprint density at radius 1 is 1.03 bits per heavy atom. The van der Waals surface area contributed by atoms with Gasteiger partial charge in [-0.2, -0.15) is 0 Å². The molecule has 7 heteroatoms. The first-order valence-electron chi connectivity index (χ1n) is 10.6. The van der Waals surface area contributed by atoms with Crippen LogP contribution in [0.3, 0.4) is 0 Å². The van der Waals surface area contributed by atoms with Gasteiger partial charge in [-0.15, -0.1) is 0 Å². The van der Waals surface area contributed by atoms with E-state index in [-0.39, 0.29) is 12.4 Å². The minimum atomic E-state index is -0.154. The van der Waals surface area contributed by atoms with Crippen LogP contribution in [0.25, 0.3) is 16.9 Å². The fourth-order valence-corrected chi connectivity index (χ4v) is 3.83. The van der Waals surface area contributed by atoms with Crippen LogP contribution in [0.2, 0.25) is 0 Å². The van der Waals surface area contributed by atoms with Crippen LogP contribution >= 0.6 is 0 Å². The Balaban J connectivity index is 1.56. The first-order valence-corrected chi connectivity index (χ1v) is 10.6. The number of aromatic nitrogens is 2. The van der Waals surface area contributed by atoms with E-state index in [0.717, 1.165) is 28.3 Å². The van der Waals surface area contributed by atoms with Crippen LogP contribution in [-0.4, -0.2) is 29.4 Å². The summed E-state index contributed by atoms with van der Waals surface area (Å²) in [6, 6.07) is 22.8. The number of rotatable bonds is 6. The molecule has 3 aromatic carbocycles. The molecule has 1 aliphatic heterocycles. The number of hydrogen-bond acceptors (Lipinski definition) is 5. The van der Waals surface area contributed by atoms with Crippen LogP contribution in [0.5, 0.6) is 17.2 Å². The number of nitrogens with zero attached hydrogens (tertiary/aromatic N) is 2. The Morgan fingerprint density at radius 3 is 2.55 bits per heavy atom. The molecular weight excluding hydrogens is 418 g/mol. The zero-order valence-electron chi connectivity index (χ0n) is 18.4. The number of methoxy groups -OCH3 is 1. The molecule has 0 radical (unpaired) electrons. The molecule has 0 aliphatic carbocycles. The minimum absolute atomic E-state index is 0.154. The molecule has 33 heavy (non-hydrogen) atoms. The van der Waals surface area contributed by atoms with Crippen molar-refractivity contribution in [3.63, 3.8) is 0 Å². The second-order valence-electron chi connectivity index (χ2n) is 7.66. The fourth-order valence-electron chi connectivity index (χ4n) is 3.83. The number of para-hydroxylation sites is 1. The monoisotopic (exact) mass is 441 g/mol. The Labute approximate surface area is 190 Å². The number of aliphatic imine (C=N–C) groups is 1. The largest absolute Gasteiger partial charge is 0.497 e. The lowest BCUT2D eigenvalue weighted by Crippen LogP contribution is -2.19. The number of benzene rings is 3. The molecule has 4 aromatic rings. The maximum absolute atomic E-state index is 13.5. The molecule has 0 amide bonds. The lowest BCUT2D eigenvalue weighted by atomic mass is 10.0. The van der Waals surface area contributed by atoms with Crippen molar-refractivity contribution in [3.05, 3.63) is 94.3 Å². The molecule has 0 spiro atoms. The van der Waals surface area contributed by atoms with Gasteiger partial charge in [0.15, 0.2) is 11.5 Å². The van der Waals surface area contributed by atoms with Crippen molar-refractivity contribution in [2.24, 2.45) is 4.99 Å². The van der Waals surface area contributed by atoms with E-state index in [1.54, 1.807) is 11.8 Å². The SMILES string of the molecule is COc1ccc(-c2[nH]n(-c3ccccc3)c(=O)c2C(C)=NCc2ccc3c(c2)OCO3)cc1. The van der Waals surface area contributed by atoms with Crippen molar-refractivity contribution in [1.82, 2.24) is 9.78 Å². The Kier molecular flexibility index (Phi) is 5.44. The van der Waals surface area contributed by atoms with Crippen LogP contribution in [0, 0.1) is 0 Å². The number of hydrogen-bond donors (Lipinski definition) is 1. The zero-order chi connectivity index (χ0) is 22.8. The van der Waals surface area contributed by atoms with E-state index in [4.69, 9.17) is 19.2 Å². The summed E-state index contributed by atoms with van der Waals surface area (Å²) in [4.78, 5) is 18.2. The highest BCUT2D eigenvalue weighted by Crippen LogP contribution is 2.32. The van der Waals surface area contributed by atoms with E-state index in [0.29, 0.717) is 29.3 Å². The van der Waals surface area contributed by atoms with E-state index >= 15 is 0 Å². The number of aromatic amines is 1. The maximum atomic E-state index is 13.5. The number of ether oxygens (including phenoxy) is 3. The third kappa shape index (κ3) is 4.01. The first kappa shape index (κ1) is 20.6. The van der Waals surface area contributed by atoms with Crippen LogP contribution in [0.1, 0.15) is 18.1 Å². The summed E-state index contributed by atoms with van der Waals surface area (Å²) in [7, 11) is 1.63. The van der Waals surface area contributed by atoms with Crippen molar-refractivity contribution in [2.45, 2.75) is 13.5 Å². The molecule has 0 saturated heterocycles. The molecule has 7 nitrogen and oxygen atoms in total. The average molecular weight is 441 g/mol. The van der Waals surface area contributed by atoms with Gasteiger partial charge < -0.3 is 14.2 Å². The number of fused-ring (bicyclic) bond motifs is 1. The van der Waals surface area contributed by atoms with Crippen LogP contribution in [0.15, 0.2) is 82.6 Å². The van der Waals surface area contributed by atoms with Crippen molar-refractivity contribution in [2.75, 3.05) is 13.9 Å². The van der Waals surface area contributed by atoms with Gasteiger partial charge in [-0.05, 0) is 61.0 Å². The van der Waals surface area contributed by atoms with Crippen LogP contribution in [-0.2, 0) is 6.54 Å². The number of nitrogens with one attached hydrogen (secondary N) is 1. The first-order chi connectivity index (χ1) is 16.1. The molecule has 1 N–H and O–H groups in total. The highest BCUT2D eigenvalue weighted by molar-refractivity contribution is 6.03. The average Bonchev–Trinajstić information content (AvgIpc) is 3.47. The van der Waals surface area contributed by atoms with E-state index in [1.165, 1.54) is 0 Å².